The number of carbonyl (C=O) groups excluding carboxylic acids is 3. The quantitative estimate of drug-likeness (QED) is 0.622. The normalized spacial score (nSPS) is 21.6. The molecule has 1 aliphatic heterocycles. The summed E-state index contributed by atoms with van der Waals surface area (Å²) >= 11 is 0. The largest absolute Gasteiger partial charge is 0.351 e. The van der Waals surface area contributed by atoms with Gasteiger partial charge in [0.1, 0.15) is 12.1 Å². The number of rotatable bonds is 4. The van der Waals surface area contributed by atoms with Crippen LogP contribution in [0.4, 0.5) is 4.79 Å². The second-order valence-electron chi connectivity index (χ2n) is 5.31. The molecule has 0 aromatic rings. The predicted octanol–water partition coefficient (Wildman–Crippen LogP) is -0.264. The molecular formula is C12H21ClN4O3. The number of urea groups is 1. The van der Waals surface area contributed by atoms with E-state index in [2.05, 4.69) is 10.6 Å². The van der Waals surface area contributed by atoms with Gasteiger partial charge in [0.25, 0.3) is 5.91 Å². The van der Waals surface area contributed by atoms with Gasteiger partial charge in [-0.2, -0.15) is 0 Å². The van der Waals surface area contributed by atoms with Crippen LogP contribution in [0.3, 0.4) is 0 Å². The lowest BCUT2D eigenvalue weighted by Crippen LogP contribution is -2.47. The lowest BCUT2D eigenvalue weighted by molar-refractivity contribution is -0.135. The van der Waals surface area contributed by atoms with E-state index < -0.39 is 11.6 Å². The van der Waals surface area contributed by atoms with E-state index in [1.54, 1.807) is 6.92 Å². The number of nitrogens with zero attached hydrogens (tertiary/aromatic N) is 1. The molecule has 20 heavy (non-hydrogen) atoms. The van der Waals surface area contributed by atoms with Crippen LogP contribution in [-0.4, -0.2) is 47.4 Å². The Morgan fingerprint density at radius 1 is 1.45 bits per heavy atom. The van der Waals surface area contributed by atoms with E-state index in [0.29, 0.717) is 19.4 Å². The molecule has 4 N–H and O–H groups in total. The van der Waals surface area contributed by atoms with Crippen molar-refractivity contribution in [3.8, 4) is 0 Å². The SMILES string of the molecule is C[C@@H](CN)NC(=O)CN1C(=O)NC2(CCCC2)C1=O.Cl. The zero-order valence-corrected chi connectivity index (χ0v) is 12.3. The van der Waals surface area contributed by atoms with Crippen molar-refractivity contribution in [3.63, 3.8) is 0 Å². The number of imide groups is 1. The van der Waals surface area contributed by atoms with Crippen LogP contribution >= 0.6 is 12.4 Å². The molecule has 1 spiro atoms. The highest BCUT2D eigenvalue weighted by Gasteiger charge is 2.52. The Balaban J connectivity index is 0.00000200. The van der Waals surface area contributed by atoms with Gasteiger partial charge < -0.3 is 16.4 Å². The Morgan fingerprint density at radius 2 is 2.05 bits per heavy atom. The summed E-state index contributed by atoms with van der Waals surface area (Å²) in [7, 11) is 0. The summed E-state index contributed by atoms with van der Waals surface area (Å²) in [4.78, 5) is 36.8. The van der Waals surface area contributed by atoms with Crippen LogP contribution in [0.2, 0.25) is 0 Å². The zero-order valence-electron chi connectivity index (χ0n) is 11.5. The third-order valence-electron chi connectivity index (χ3n) is 3.77. The fourth-order valence-corrected chi connectivity index (χ4v) is 2.66. The molecule has 114 valence electrons. The number of nitrogens with two attached hydrogens (primary N) is 1. The van der Waals surface area contributed by atoms with E-state index in [1.807, 2.05) is 0 Å². The Morgan fingerprint density at radius 3 is 2.60 bits per heavy atom. The molecule has 4 amide bonds. The molecule has 0 bridgehead atoms. The highest BCUT2D eigenvalue weighted by Crippen LogP contribution is 2.34. The molecule has 1 aliphatic carbocycles. The molecule has 2 rings (SSSR count). The fraction of sp³-hybridized carbons (Fsp3) is 0.750. The summed E-state index contributed by atoms with van der Waals surface area (Å²) in [5, 5.41) is 5.37. The topological polar surface area (TPSA) is 105 Å². The second kappa shape index (κ2) is 6.41. The van der Waals surface area contributed by atoms with Crippen LogP contribution < -0.4 is 16.4 Å². The molecule has 0 unspecified atom stereocenters. The minimum Gasteiger partial charge on any atom is -0.351 e. The molecular weight excluding hydrogens is 284 g/mol. The van der Waals surface area contributed by atoms with E-state index in [9.17, 15) is 14.4 Å². The standard InChI is InChI=1S/C12H20N4O3.ClH/c1-8(6-13)14-9(17)7-16-10(18)12(15-11(16)19)4-2-3-5-12;/h8H,2-7,13H2,1H3,(H,14,17)(H,15,19);1H/t8-;/m0./s1. The summed E-state index contributed by atoms with van der Waals surface area (Å²) in [5.74, 6) is -0.637. The molecule has 8 heteroatoms. The molecule has 1 saturated carbocycles. The number of amides is 4. The Labute approximate surface area is 124 Å². The minimum atomic E-state index is -0.753. The highest BCUT2D eigenvalue weighted by molar-refractivity contribution is 6.09. The minimum absolute atomic E-state index is 0. The van der Waals surface area contributed by atoms with Crippen molar-refractivity contribution < 1.29 is 14.4 Å². The first kappa shape index (κ1) is 16.7. The summed E-state index contributed by atoms with van der Waals surface area (Å²) in [6.45, 7) is 1.84. The van der Waals surface area contributed by atoms with Crippen LogP contribution in [0.15, 0.2) is 0 Å². The van der Waals surface area contributed by atoms with Crippen LogP contribution in [-0.2, 0) is 9.59 Å². The van der Waals surface area contributed by atoms with Gasteiger partial charge in [0.15, 0.2) is 0 Å². The van der Waals surface area contributed by atoms with Crippen LogP contribution in [0.5, 0.6) is 0 Å². The van der Waals surface area contributed by atoms with Crippen LogP contribution in [0.25, 0.3) is 0 Å². The predicted molar refractivity (Wildman–Crippen MR) is 75.4 cm³/mol. The van der Waals surface area contributed by atoms with Gasteiger partial charge in [-0.3, -0.25) is 14.5 Å². The maximum atomic E-state index is 12.3. The maximum absolute atomic E-state index is 12.3. The first-order valence-corrected chi connectivity index (χ1v) is 6.62. The highest BCUT2D eigenvalue weighted by atomic mass is 35.5. The van der Waals surface area contributed by atoms with Crippen molar-refractivity contribution in [2.45, 2.75) is 44.2 Å². The molecule has 2 aliphatic rings. The Hall–Kier alpha value is -1.34. The molecule has 7 nitrogen and oxygen atoms in total. The smallest absolute Gasteiger partial charge is 0.325 e. The Bertz CT molecular complexity index is 410. The molecule has 1 heterocycles. The van der Waals surface area contributed by atoms with Gasteiger partial charge in [0.2, 0.25) is 5.91 Å². The number of halogens is 1. The van der Waals surface area contributed by atoms with E-state index in [-0.39, 0.29) is 36.8 Å². The van der Waals surface area contributed by atoms with Crippen molar-refractivity contribution >= 4 is 30.3 Å². The number of nitrogens with one attached hydrogen (secondary N) is 2. The van der Waals surface area contributed by atoms with Crippen molar-refractivity contribution in [2.75, 3.05) is 13.1 Å². The average Bonchev–Trinajstić information content (AvgIpc) is 2.91. The number of hydrogen-bond acceptors (Lipinski definition) is 4. The monoisotopic (exact) mass is 304 g/mol. The number of carbonyl (C=O) groups is 3. The third-order valence-corrected chi connectivity index (χ3v) is 3.77. The van der Waals surface area contributed by atoms with Crippen molar-refractivity contribution in [3.05, 3.63) is 0 Å². The van der Waals surface area contributed by atoms with Gasteiger partial charge in [0.05, 0.1) is 0 Å². The maximum Gasteiger partial charge on any atom is 0.325 e. The van der Waals surface area contributed by atoms with E-state index in [1.165, 1.54) is 0 Å². The van der Waals surface area contributed by atoms with Gasteiger partial charge in [-0.25, -0.2) is 4.79 Å². The van der Waals surface area contributed by atoms with Gasteiger partial charge in [-0.1, -0.05) is 12.8 Å². The fourth-order valence-electron chi connectivity index (χ4n) is 2.66. The summed E-state index contributed by atoms with van der Waals surface area (Å²) < 4.78 is 0. The zero-order chi connectivity index (χ0) is 14.0. The first-order valence-electron chi connectivity index (χ1n) is 6.62. The average molecular weight is 305 g/mol. The van der Waals surface area contributed by atoms with Crippen LogP contribution in [0, 0.1) is 0 Å². The second-order valence-corrected chi connectivity index (χ2v) is 5.31. The van der Waals surface area contributed by atoms with Gasteiger partial charge in [0, 0.05) is 12.6 Å². The van der Waals surface area contributed by atoms with Crippen molar-refractivity contribution in [2.24, 2.45) is 5.73 Å². The lowest BCUT2D eigenvalue weighted by Gasteiger charge is -2.20. The van der Waals surface area contributed by atoms with Crippen LogP contribution in [0.1, 0.15) is 32.6 Å². The Kier molecular flexibility index (Phi) is 5.35. The molecule has 0 aromatic heterocycles. The van der Waals surface area contributed by atoms with Crippen molar-refractivity contribution in [1.82, 2.24) is 15.5 Å². The molecule has 1 atom stereocenters. The molecule has 1 saturated heterocycles. The first-order chi connectivity index (χ1) is 8.98. The summed E-state index contributed by atoms with van der Waals surface area (Å²) in [6, 6.07) is -0.642. The van der Waals surface area contributed by atoms with Gasteiger partial charge in [-0.15, -0.1) is 12.4 Å². The molecule has 0 aromatic carbocycles. The summed E-state index contributed by atoms with van der Waals surface area (Å²) in [5.41, 5.74) is 4.65. The van der Waals surface area contributed by atoms with E-state index >= 15 is 0 Å². The van der Waals surface area contributed by atoms with Crippen molar-refractivity contribution in [1.29, 1.82) is 0 Å². The third kappa shape index (κ3) is 3.04. The lowest BCUT2D eigenvalue weighted by atomic mass is 9.98. The molecule has 2 fully saturated rings. The number of hydrogen-bond donors (Lipinski definition) is 3. The van der Waals surface area contributed by atoms with E-state index in [0.717, 1.165) is 17.7 Å². The van der Waals surface area contributed by atoms with E-state index in [4.69, 9.17) is 5.73 Å². The molecule has 0 radical (unpaired) electrons. The van der Waals surface area contributed by atoms with Gasteiger partial charge >= 0.3 is 6.03 Å². The summed E-state index contributed by atoms with van der Waals surface area (Å²) in [6.07, 6.45) is 3.18. The van der Waals surface area contributed by atoms with Gasteiger partial charge in [-0.05, 0) is 19.8 Å².